The fourth-order valence-electron chi connectivity index (χ4n) is 0.743. The first kappa shape index (κ1) is 11.9. The van der Waals surface area contributed by atoms with Crippen LogP contribution in [0.3, 0.4) is 0 Å². The lowest BCUT2D eigenvalue weighted by Crippen LogP contribution is -2.24. The first-order valence-corrected chi connectivity index (χ1v) is 5.02. The van der Waals surface area contributed by atoms with E-state index in [-0.39, 0.29) is 10.5 Å². The molecule has 0 aromatic heterocycles. The minimum atomic E-state index is -0.319. The zero-order valence-corrected chi connectivity index (χ0v) is 8.74. The summed E-state index contributed by atoms with van der Waals surface area (Å²) < 4.78 is 0. The molecule has 0 spiro atoms. The van der Waals surface area contributed by atoms with E-state index in [1.165, 1.54) is 11.8 Å². The Morgan fingerprint density at radius 1 is 1.58 bits per heavy atom. The van der Waals surface area contributed by atoms with E-state index >= 15 is 0 Å². The Balaban J connectivity index is 3.90. The summed E-state index contributed by atoms with van der Waals surface area (Å²) >= 11 is 1.35. The number of hydrogen-bond donors (Lipinski definition) is 1. The normalized spacial score (nSPS) is 11.7. The van der Waals surface area contributed by atoms with Crippen molar-refractivity contribution in [1.29, 1.82) is 0 Å². The summed E-state index contributed by atoms with van der Waals surface area (Å²) in [5, 5.41) is 0.210. The molecule has 0 aliphatic heterocycles. The third kappa shape index (κ3) is 4.09. The summed E-state index contributed by atoms with van der Waals surface area (Å²) in [6.45, 7) is 6.23. The number of nitrogens with two attached hydrogens (primary N) is 1. The maximum Gasteiger partial charge on any atom is 0.194 e. The molecule has 72 valence electrons. The van der Waals surface area contributed by atoms with E-state index in [0.29, 0.717) is 13.0 Å². The quantitative estimate of drug-likeness (QED) is 0.670. The van der Waals surface area contributed by atoms with Crippen molar-refractivity contribution in [1.82, 2.24) is 0 Å². The average molecular weight is 191 g/mol. The van der Waals surface area contributed by atoms with E-state index in [2.05, 4.69) is 4.84 Å². The molecule has 0 aromatic carbocycles. The van der Waals surface area contributed by atoms with E-state index in [1.807, 2.05) is 20.8 Å². The minimum Gasteiger partial charge on any atom is -0.305 e. The van der Waals surface area contributed by atoms with Gasteiger partial charge in [-0.1, -0.05) is 32.5 Å². The smallest absolute Gasteiger partial charge is 0.194 e. The van der Waals surface area contributed by atoms with Crippen molar-refractivity contribution >= 4 is 16.9 Å². The Labute approximate surface area is 78.0 Å². The molecule has 2 N–H and O–H groups in total. The van der Waals surface area contributed by atoms with Crippen LogP contribution in [0.2, 0.25) is 0 Å². The highest BCUT2D eigenvalue weighted by Gasteiger charge is 2.26. The van der Waals surface area contributed by atoms with Crippen molar-refractivity contribution < 1.29 is 9.63 Å². The Morgan fingerprint density at radius 2 is 2.17 bits per heavy atom. The maximum absolute atomic E-state index is 11.4. The fraction of sp³-hybridized carbons (Fsp3) is 0.875. The first-order valence-electron chi connectivity index (χ1n) is 4.03. The van der Waals surface area contributed by atoms with E-state index < -0.39 is 0 Å². The summed E-state index contributed by atoms with van der Waals surface area (Å²) in [6, 6.07) is 0. The van der Waals surface area contributed by atoms with E-state index in [9.17, 15) is 4.79 Å². The zero-order chi connectivity index (χ0) is 9.61. The predicted octanol–water partition coefficient (Wildman–Crippen LogP) is 1.57. The van der Waals surface area contributed by atoms with E-state index in [0.717, 1.165) is 5.75 Å². The number of thioether (sulfide) groups is 1. The molecule has 0 heterocycles. The second-order valence-electron chi connectivity index (χ2n) is 3.23. The van der Waals surface area contributed by atoms with E-state index in [4.69, 9.17) is 5.90 Å². The van der Waals surface area contributed by atoms with Crippen LogP contribution in [0.25, 0.3) is 0 Å². The predicted molar refractivity (Wildman–Crippen MR) is 51.7 cm³/mol. The highest BCUT2D eigenvalue weighted by Crippen LogP contribution is 2.27. The largest absolute Gasteiger partial charge is 0.305 e. The summed E-state index contributed by atoms with van der Waals surface area (Å²) in [5.74, 6) is 5.72. The van der Waals surface area contributed by atoms with Crippen LogP contribution in [0.15, 0.2) is 0 Å². The Bertz CT molecular complexity index is 148. The lowest BCUT2D eigenvalue weighted by atomic mass is 9.92. The molecule has 12 heavy (non-hydrogen) atoms. The Morgan fingerprint density at radius 3 is 2.58 bits per heavy atom. The lowest BCUT2D eigenvalue weighted by molar-refractivity contribution is -0.119. The standard InChI is InChI=1S/C8H17NO2S/c1-4-12-7(10)8(2,3)5-6-11-9/h4-6,9H2,1-3H3. The lowest BCUT2D eigenvalue weighted by Gasteiger charge is -2.21. The highest BCUT2D eigenvalue weighted by atomic mass is 32.2. The molecule has 0 amide bonds. The molecule has 0 rings (SSSR count). The molecule has 0 atom stereocenters. The zero-order valence-electron chi connectivity index (χ0n) is 7.92. The van der Waals surface area contributed by atoms with Crippen molar-refractivity contribution in [2.75, 3.05) is 12.4 Å². The first-order chi connectivity index (χ1) is 5.54. The van der Waals surface area contributed by atoms with Crippen molar-refractivity contribution in [2.24, 2.45) is 11.3 Å². The van der Waals surface area contributed by atoms with Crippen LogP contribution in [0.4, 0.5) is 0 Å². The maximum atomic E-state index is 11.4. The Kier molecular flexibility index (Phi) is 5.53. The second-order valence-corrected chi connectivity index (χ2v) is 4.46. The van der Waals surface area contributed by atoms with E-state index in [1.54, 1.807) is 0 Å². The molecule has 0 radical (unpaired) electrons. The molecule has 0 aliphatic carbocycles. The third-order valence-electron chi connectivity index (χ3n) is 1.67. The molecule has 0 aromatic rings. The number of rotatable bonds is 5. The molecular weight excluding hydrogens is 174 g/mol. The van der Waals surface area contributed by atoms with Gasteiger partial charge in [0, 0.05) is 5.41 Å². The summed E-state index contributed by atoms with van der Waals surface area (Å²) in [7, 11) is 0. The molecule has 3 nitrogen and oxygen atoms in total. The van der Waals surface area contributed by atoms with Crippen molar-refractivity contribution in [3.8, 4) is 0 Å². The van der Waals surface area contributed by atoms with Gasteiger partial charge in [-0.2, -0.15) is 0 Å². The molecular formula is C8H17NO2S. The van der Waals surface area contributed by atoms with Gasteiger partial charge in [0.05, 0.1) is 6.61 Å². The van der Waals surface area contributed by atoms with Gasteiger partial charge in [-0.3, -0.25) is 4.79 Å². The average Bonchev–Trinajstić information content (AvgIpc) is 2.01. The van der Waals surface area contributed by atoms with Crippen LogP contribution in [0.5, 0.6) is 0 Å². The van der Waals surface area contributed by atoms with Gasteiger partial charge < -0.3 is 4.84 Å². The van der Waals surface area contributed by atoms with Crippen molar-refractivity contribution in [2.45, 2.75) is 27.2 Å². The minimum absolute atomic E-state index is 0.210. The molecule has 0 unspecified atom stereocenters. The highest BCUT2D eigenvalue weighted by molar-refractivity contribution is 8.13. The monoisotopic (exact) mass is 191 g/mol. The summed E-state index contributed by atoms with van der Waals surface area (Å²) in [5.41, 5.74) is -0.319. The van der Waals surface area contributed by atoms with Gasteiger partial charge >= 0.3 is 0 Å². The van der Waals surface area contributed by atoms with Crippen LogP contribution in [-0.2, 0) is 9.63 Å². The molecule has 4 heteroatoms. The van der Waals surface area contributed by atoms with Gasteiger partial charge in [-0.25, -0.2) is 5.90 Å². The van der Waals surface area contributed by atoms with Gasteiger partial charge in [-0.05, 0) is 12.2 Å². The third-order valence-corrected chi connectivity index (χ3v) is 2.78. The SMILES string of the molecule is CCSC(=O)C(C)(C)CCON. The number of hydrogen-bond acceptors (Lipinski definition) is 4. The van der Waals surface area contributed by atoms with Crippen LogP contribution in [0, 0.1) is 5.41 Å². The summed E-state index contributed by atoms with van der Waals surface area (Å²) in [6.07, 6.45) is 0.676. The number of carbonyl (C=O) groups is 1. The summed E-state index contributed by atoms with van der Waals surface area (Å²) in [4.78, 5) is 15.9. The molecule has 0 fully saturated rings. The molecule has 0 saturated heterocycles. The molecule has 0 bridgehead atoms. The Hall–Kier alpha value is -0.0600. The van der Waals surface area contributed by atoms with Crippen LogP contribution >= 0.6 is 11.8 Å². The number of carbonyl (C=O) groups excluding carboxylic acids is 1. The van der Waals surface area contributed by atoms with Gasteiger partial charge in [0.15, 0.2) is 5.12 Å². The van der Waals surface area contributed by atoms with Crippen molar-refractivity contribution in [3.05, 3.63) is 0 Å². The fourth-order valence-corrected chi connectivity index (χ4v) is 1.50. The van der Waals surface area contributed by atoms with Gasteiger partial charge in [0.1, 0.15) is 0 Å². The van der Waals surface area contributed by atoms with Crippen LogP contribution in [0.1, 0.15) is 27.2 Å². The molecule has 0 aliphatic rings. The topological polar surface area (TPSA) is 52.3 Å². The van der Waals surface area contributed by atoms with Gasteiger partial charge in [-0.15, -0.1) is 0 Å². The van der Waals surface area contributed by atoms with Crippen LogP contribution in [-0.4, -0.2) is 17.5 Å². The van der Waals surface area contributed by atoms with Crippen molar-refractivity contribution in [3.63, 3.8) is 0 Å². The van der Waals surface area contributed by atoms with Crippen LogP contribution < -0.4 is 5.90 Å². The van der Waals surface area contributed by atoms with Gasteiger partial charge in [0.25, 0.3) is 0 Å². The second kappa shape index (κ2) is 5.56. The van der Waals surface area contributed by atoms with Gasteiger partial charge in [0.2, 0.25) is 0 Å². The molecule has 0 saturated carbocycles.